The maximum absolute atomic E-state index is 12.1. The van der Waals surface area contributed by atoms with Gasteiger partial charge in [-0.25, -0.2) is 0 Å². The molecule has 0 unspecified atom stereocenters. The molecule has 0 atom stereocenters. The van der Waals surface area contributed by atoms with Crippen LogP contribution in [0.2, 0.25) is 0 Å². The lowest BCUT2D eigenvalue weighted by atomic mass is 10.1. The first-order chi connectivity index (χ1) is 9.22. The zero-order chi connectivity index (χ0) is 14.1. The van der Waals surface area contributed by atoms with Gasteiger partial charge in [0.05, 0.1) is 13.2 Å². The molecule has 6 nitrogen and oxygen atoms in total. The zero-order valence-electron chi connectivity index (χ0n) is 11.1. The Morgan fingerprint density at radius 2 is 1.74 bits per heavy atom. The van der Waals surface area contributed by atoms with Crippen LogP contribution in [-0.4, -0.2) is 54.4 Å². The fourth-order valence-electron chi connectivity index (χ4n) is 1.69. The number of nitrogens with zero attached hydrogens (tertiary/aromatic N) is 1. The monoisotopic (exact) mass is 267 g/mol. The molecular weight excluding hydrogens is 246 g/mol. The molecule has 0 aliphatic heterocycles. The van der Waals surface area contributed by atoms with Crippen molar-refractivity contribution in [1.29, 1.82) is 0 Å². The normalized spacial score (nSPS) is 10.5. The highest BCUT2D eigenvalue weighted by molar-refractivity contribution is 5.94. The summed E-state index contributed by atoms with van der Waals surface area (Å²) in [6, 6.07) is 7.23. The molecule has 0 aliphatic carbocycles. The molecule has 0 aromatic heterocycles. The second-order valence-corrected chi connectivity index (χ2v) is 4.04. The highest BCUT2D eigenvalue weighted by Gasteiger charge is 2.14. The summed E-state index contributed by atoms with van der Waals surface area (Å²) in [5.41, 5.74) is 7.40. The topological polar surface area (TPSA) is 84.8 Å². The molecule has 0 saturated carbocycles. The minimum Gasteiger partial charge on any atom is -0.395 e. The Kier molecular flexibility index (Phi) is 7.06. The SMILES string of the molecule is CNNCc1ccc(C(=O)N(CCO)CCO)cc1. The summed E-state index contributed by atoms with van der Waals surface area (Å²) < 4.78 is 0. The molecule has 1 aromatic carbocycles. The smallest absolute Gasteiger partial charge is 0.254 e. The number of hydrogen-bond donors (Lipinski definition) is 4. The molecule has 0 radical (unpaired) electrons. The molecule has 6 heteroatoms. The Bertz CT molecular complexity index is 375. The van der Waals surface area contributed by atoms with E-state index in [1.807, 2.05) is 12.1 Å². The van der Waals surface area contributed by atoms with Crippen molar-refractivity contribution in [3.05, 3.63) is 35.4 Å². The van der Waals surface area contributed by atoms with E-state index in [-0.39, 0.29) is 32.2 Å². The largest absolute Gasteiger partial charge is 0.395 e. The van der Waals surface area contributed by atoms with E-state index in [2.05, 4.69) is 10.9 Å². The summed E-state index contributed by atoms with van der Waals surface area (Å²) >= 11 is 0. The molecule has 0 spiro atoms. The van der Waals surface area contributed by atoms with E-state index in [0.717, 1.165) is 5.56 Å². The van der Waals surface area contributed by atoms with Gasteiger partial charge in [0.15, 0.2) is 0 Å². The predicted molar refractivity (Wildman–Crippen MR) is 72.4 cm³/mol. The third-order valence-electron chi connectivity index (χ3n) is 2.70. The molecule has 106 valence electrons. The fraction of sp³-hybridized carbons (Fsp3) is 0.462. The number of aliphatic hydroxyl groups is 2. The van der Waals surface area contributed by atoms with Crippen molar-refractivity contribution in [3.63, 3.8) is 0 Å². The zero-order valence-corrected chi connectivity index (χ0v) is 11.1. The Labute approximate surface area is 113 Å². The second-order valence-electron chi connectivity index (χ2n) is 4.04. The first kappa shape index (κ1) is 15.6. The number of rotatable bonds is 8. The Hall–Kier alpha value is -1.47. The van der Waals surface area contributed by atoms with Crippen LogP contribution in [0.25, 0.3) is 0 Å². The summed E-state index contributed by atoms with van der Waals surface area (Å²) in [4.78, 5) is 13.6. The Balaban J connectivity index is 2.69. The fourth-order valence-corrected chi connectivity index (χ4v) is 1.69. The molecule has 1 amide bonds. The van der Waals surface area contributed by atoms with Crippen molar-refractivity contribution >= 4 is 5.91 Å². The molecule has 0 heterocycles. The number of nitrogens with one attached hydrogen (secondary N) is 2. The third-order valence-corrected chi connectivity index (χ3v) is 2.70. The van der Waals surface area contributed by atoms with E-state index in [1.165, 1.54) is 4.90 Å². The van der Waals surface area contributed by atoms with Crippen molar-refractivity contribution < 1.29 is 15.0 Å². The molecule has 1 aromatic rings. The van der Waals surface area contributed by atoms with Crippen molar-refractivity contribution in [2.45, 2.75) is 6.54 Å². The first-order valence-corrected chi connectivity index (χ1v) is 6.22. The lowest BCUT2D eigenvalue weighted by molar-refractivity contribution is 0.0685. The van der Waals surface area contributed by atoms with E-state index in [4.69, 9.17) is 10.2 Å². The second kappa shape index (κ2) is 8.60. The highest BCUT2D eigenvalue weighted by atomic mass is 16.3. The van der Waals surface area contributed by atoms with Crippen LogP contribution < -0.4 is 10.9 Å². The minimum absolute atomic E-state index is 0.115. The summed E-state index contributed by atoms with van der Waals surface area (Å²) in [6.07, 6.45) is 0. The van der Waals surface area contributed by atoms with Crippen LogP contribution in [0.1, 0.15) is 15.9 Å². The van der Waals surface area contributed by atoms with Crippen LogP contribution >= 0.6 is 0 Å². The van der Waals surface area contributed by atoms with E-state index < -0.39 is 0 Å². The van der Waals surface area contributed by atoms with Crippen LogP contribution in [0.3, 0.4) is 0 Å². The molecule has 1 rings (SSSR count). The van der Waals surface area contributed by atoms with Gasteiger partial charge in [0.25, 0.3) is 5.91 Å². The maximum Gasteiger partial charge on any atom is 0.254 e. The maximum atomic E-state index is 12.1. The quantitative estimate of drug-likeness (QED) is 0.470. The number of amides is 1. The Morgan fingerprint density at radius 3 is 2.21 bits per heavy atom. The number of carbonyl (C=O) groups excluding carboxylic acids is 1. The third kappa shape index (κ3) is 4.96. The highest BCUT2D eigenvalue weighted by Crippen LogP contribution is 2.07. The number of hydrazine groups is 1. The Morgan fingerprint density at radius 1 is 1.16 bits per heavy atom. The van der Waals surface area contributed by atoms with E-state index in [0.29, 0.717) is 12.1 Å². The average Bonchev–Trinajstić information content (AvgIpc) is 2.44. The van der Waals surface area contributed by atoms with Crippen molar-refractivity contribution in [2.24, 2.45) is 0 Å². The predicted octanol–water partition coefficient (Wildman–Crippen LogP) is -0.663. The van der Waals surface area contributed by atoms with Crippen molar-refractivity contribution in [1.82, 2.24) is 15.8 Å². The molecule has 4 N–H and O–H groups in total. The molecule has 0 aliphatic rings. The van der Waals surface area contributed by atoms with Gasteiger partial charge in [0, 0.05) is 25.2 Å². The molecule has 0 bridgehead atoms. The number of carbonyl (C=O) groups is 1. The van der Waals surface area contributed by atoms with E-state index in [9.17, 15) is 4.79 Å². The average molecular weight is 267 g/mol. The van der Waals surface area contributed by atoms with Gasteiger partial charge in [0.1, 0.15) is 0 Å². The summed E-state index contributed by atoms with van der Waals surface area (Å²) in [6.45, 7) is 0.888. The lowest BCUT2D eigenvalue weighted by Gasteiger charge is -2.20. The van der Waals surface area contributed by atoms with Gasteiger partial charge in [-0.3, -0.25) is 15.6 Å². The molecule has 0 saturated heterocycles. The molecule has 19 heavy (non-hydrogen) atoms. The van der Waals surface area contributed by atoms with Crippen LogP contribution in [0.15, 0.2) is 24.3 Å². The molecular formula is C13H21N3O3. The van der Waals surface area contributed by atoms with Gasteiger partial charge < -0.3 is 15.1 Å². The lowest BCUT2D eigenvalue weighted by Crippen LogP contribution is -2.35. The van der Waals surface area contributed by atoms with Gasteiger partial charge in [-0.15, -0.1) is 0 Å². The number of benzene rings is 1. The van der Waals surface area contributed by atoms with Crippen LogP contribution in [-0.2, 0) is 6.54 Å². The minimum atomic E-state index is -0.184. The van der Waals surface area contributed by atoms with Gasteiger partial charge in [-0.2, -0.15) is 0 Å². The standard InChI is InChI=1S/C13H21N3O3/c1-14-15-10-11-2-4-12(5-3-11)13(19)16(6-8-17)7-9-18/h2-5,14-15,17-18H,6-10H2,1H3. The number of hydrogen-bond acceptors (Lipinski definition) is 5. The van der Waals surface area contributed by atoms with Crippen LogP contribution in [0.5, 0.6) is 0 Å². The van der Waals surface area contributed by atoms with Crippen LogP contribution in [0, 0.1) is 0 Å². The summed E-state index contributed by atoms with van der Waals surface area (Å²) in [5, 5.41) is 17.8. The van der Waals surface area contributed by atoms with E-state index in [1.54, 1.807) is 19.2 Å². The van der Waals surface area contributed by atoms with Crippen LogP contribution in [0.4, 0.5) is 0 Å². The van der Waals surface area contributed by atoms with Gasteiger partial charge in [0.2, 0.25) is 0 Å². The van der Waals surface area contributed by atoms with Crippen molar-refractivity contribution in [2.75, 3.05) is 33.4 Å². The van der Waals surface area contributed by atoms with Gasteiger partial charge in [-0.1, -0.05) is 12.1 Å². The van der Waals surface area contributed by atoms with E-state index >= 15 is 0 Å². The van der Waals surface area contributed by atoms with Gasteiger partial charge >= 0.3 is 0 Å². The first-order valence-electron chi connectivity index (χ1n) is 6.22. The molecule has 0 fully saturated rings. The number of aliphatic hydroxyl groups excluding tert-OH is 2. The van der Waals surface area contributed by atoms with Crippen molar-refractivity contribution in [3.8, 4) is 0 Å². The summed E-state index contributed by atoms with van der Waals surface area (Å²) in [5.74, 6) is -0.184. The van der Waals surface area contributed by atoms with Gasteiger partial charge in [-0.05, 0) is 24.7 Å². The summed E-state index contributed by atoms with van der Waals surface area (Å²) in [7, 11) is 1.79.